The molecule has 0 aliphatic heterocycles. The summed E-state index contributed by atoms with van der Waals surface area (Å²) >= 11 is 0. The molecular weight excluding hydrogens is 160 g/mol. The Labute approximate surface area is 79.1 Å². The summed E-state index contributed by atoms with van der Waals surface area (Å²) < 4.78 is 0. The van der Waals surface area contributed by atoms with Crippen LogP contribution in [0.3, 0.4) is 0 Å². The quantitative estimate of drug-likeness (QED) is 0.643. The number of rotatable bonds is 3. The van der Waals surface area contributed by atoms with Gasteiger partial charge in [0.15, 0.2) is 5.78 Å². The van der Waals surface area contributed by atoms with E-state index in [2.05, 4.69) is 6.92 Å². The van der Waals surface area contributed by atoms with Gasteiger partial charge in [-0.25, -0.2) is 0 Å². The first-order valence-corrected chi connectivity index (χ1v) is 4.50. The molecular formula is C12H14O. The Morgan fingerprint density at radius 2 is 1.92 bits per heavy atom. The second-order valence-electron chi connectivity index (χ2n) is 3.00. The Balaban J connectivity index is 2.98. The highest BCUT2D eigenvalue weighted by Gasteiger charge is 1.98. The molecule has 68 valence electrons. The summed E-state index contributed by atoms with van der Waals surface area (Å²) in [5.74, 6) is 0.112. The van der Waals surface area contributed by atoms with Gasteiger partial charge in [-0.1, -0.05) is 37.3 Å². The maximum Gasteiger partial charge on any atom is 0.152 e. The summed E-state index contributed by atoms with van der Waals surface area (Å²) in [7, 11) is 0. The summed E-state index contributed by atoms with van der Waals surface area (Å²) in [5, 5.41) is 0. The number of hydrogen-bond acceptors (Lipinski definition) is 1. The van der Waals surface area contributed by atoms with Gasteiger partial charge in [0.2, 0.25) is 0 Å². The van der Waals surface area contributed by atoms with Crippen molar-refractivity contribution in [1.82, 2.24) is 0 Å². The van der Waals surface area contributed by atoms with Crippen LogP contribution in [0.5, 0.6) is 0 Å². The number of carbonyl (C=O) groups is 1. The zero-order valence-corrected chi connectivity index (χ0v) is 8.08. The van der Waals surface area contributed by atoms with Crippen LogP contribution in [0.1, 0.15) is 25.8 Å². The van der Waals surface area contributed by atoms with Crippen LogP contribution in [0.4, 0.5) is 0 Å². The maximum absolute atomic E-state index is 10.9. The Kier molecular flexibility index (Phi) is 3.44. The summed E-state index contributed by atoms with van der Waals surface area (Å²) in [6, 6.07) is 10.00. The van der Waals surface area contributed by atoms with Crippen LogP contribution < -0.4 is 0 Å². The molecule has 0 N–H and O–H groups in total. The van der Waals surface area contributed by atoms with Gasteiger partial charge < -0.3 is 0 Å². The monoisotopic (exact) mass is 174 g/mol. The zero-order valence-electron chi connectivity index (χ0n) is 8.08. The normalized spacial score (nSPS) is 11.4. The molecule has 0 atom stereocenters. The lowest BCUT2D eigenvalue weighted by molar-refractivity contribution is -0.112. The molecule has 0 bridgehead atoms. The molecule has 1 aromatic rings. The number of carbonyl (C=O) groups excluding carboxylic acids is 1. The Bertz CT molecular complexity index is 309. The van der Waals surface area contributed by atoms with Crippen LogP contribution in [0, 0.1) is 0 Å². The Morgan fingerprint density at radius 1 is 1.31 bits per heavy atom. The molecule has 0 radical (unpaired) electrons. The Morgan fingerprint density at radius 3 is 2.38 bits per heavy atom. The topological polar surface area (TPSA) is 17.1 Å². The molecule has 0 aromatic heterocycles. The van der Waals surface area contributed by atoms with Crippen molar-refractivity contribution in [3.05, 3.63) is 42.0 Å². The fraction of sp³-hybridized carbons (Fsp3) is 0.250. The fourth-order valence-corrected chi connectivity index (χ4v) is 1.29. The van der Waals surface area contributed by atoms with Crippen molar-refractivity contribution in [2.24, 2.45) is 0 Å². The molecule has 0 fully saturated rings. The molecule has 0 aliphatic rings. The number of hydrogen-bond donors (Lipinski definition) is 0. The van der Waals surface area contributed by atoms with Gasteiger partial charge in [-0.05, 0) is 30.6 Å². The van der Waals surface area contributed by atoms with Crippen LogP contribution in [0.2, 0.25) is 0 Å². The third-order valence-electron chi connectivity index (χ3n) is 1.90. The summed E-state index contributed by atoms with van der Waals surface area (Å²) in [6.07, 6.45) is 2.60. The molecule has 0 saturated carbocycles. The molecule has 13 heavy (non-hydrogen) atoms. The second-order valence-corrected chi connectivity index (χ2v) is 3.00. The van der Waals surface area contributed by atoms with E-state index in [-0.39, 0.29) is 5.78 Å². The number of allylic oxidation sites excluding steroid dienone is 2. The van der Waals surface area contributed by atoms with E-state index in [4.69, 9.17) is 0 Å². The largest absolute Gasteiger partial charge is 0.295 e. The first kappa shape index (κ1) is 9.72. The molecule has 1 rings (SSSR count). The van der Waals surface area contributed by atoms with E-state index >= 15 is 0 Å². The van der Waals surface area contributed by atoms with Gasteiger partial charge in [0, 0.05) is 0 Å². The summed E-state index contributed by atoms with van der Waals surface area (Å²) in [4.78, 5) is 10.9. The van der Waals surface area contributed by atoms with E-state index < -0.39 is 0 Å². The third-order valence-corrected chi connectivity index (χ3v) is 1.90. The van der Waals surface area contributed by atoms with Crippen LogP contribution in [0.25, 0.3) is 5.57 Å². The van der Waals surface area contributed by atoms with E-state index in [0.717, 1.165) is 17.6 Å². The van der Waals surface area contributed by atoms with Gasteiger partial charge in [-0.3, -0.25) is 4.79 Å². The molecule has 0 heterocycles. The molecule has 0 saturated heterocycles. The molecule has 0 amide bonds. The van der Waals surface area contributed by atoms with Crippen LogP contribution in [-0.4, -0.2) is 5.78 Å². The van der Waals surface area contributed by atoms with Gasteiger partial charge in [-0.15, -0.1) is 0 Å². The fourth-order valence-electron chi connectivity index (χ4n) is 1.29. The van der Waals surface area contributed by atoms with Gasteiger partial charge in [0.25, 0.3) is 0 Å². The predicted molar refractivity (Wildman–Crippen MR) is 55.4 cm³/mol. The lowest BCUT2D eigenvalue weighted by Gasteiger charge is -2.02. The Hall–Kier alpha value is -1.37. The molecule has 1 nitrogen and oxygen atoms in total. The van der Waals surface area contributed by atoms with Gasteiger partial charge in [0.1, 0.15) is 0 Å². The van der Waals surface area contributed by atoms with Gasteiger partial charge in [0.05, 0.1) is 0 Å². The lowest BCUT2D eigenvalue weighted by Crippen LogP contribution is -1.88. The molecule has 1 aromatic carbocycles. The van der Waals surface area contributed by atoms with Crippen molar-refractivity contribution in [2.75, 3.05) is 0 Å². The average Bonchev–Trinajstić information content (AvgIpc) is 2.15. The van der Waals surface area contributed by atoms with Crippen molar-refractivity contribution in [3.8, 4) is 0 Å². The molecule has 0 spiro atoms. The minimum absolute atomic E-state index is 0.112. The van der Waals surface area contributed by atoms with Crippen molar-refractivity contribution in [3.63, 3.8) is 0 Å². The lowest BCUT2D eigenvalue weighted by atomic mass is 10.0. The van der Waals surface area contributed by atoms with Gasteiger partial charge >= 0.3 is 0 Å². The van der Waals surface area contributed by atoms with E-state index in [1.807, 2.05) is 30.3 Å². The highest BCUT2D eigenvalue weighted by atomic mass is 16.1. The van der Waals surface area contributed by atoms with E-state index in [1.165, 1.54) is 0 Å². The minimum Gasteiger partial charge on any atom is -0.295 e. The van der Waals surface area contributed by atoms with Crippen LogP contribution in [-0.2, 0) is 4.79 Å². The minimum atomic E-state index is 0.112. The third kappa shape index (κ3) is 2.86. The zero-order chi connectivity index (χ0) is 9.68. The van der Waals surface area contributed by atoms with E-state index in [1.54, 1.807) is 13.0 Å². The summed E-state index contributed by atoms with van der Waals surface area (Å²) in [5.41, 5.74) is 2.24. The van der Waals surface area contributed by atoms with Crippen molar-refractivity contribution in [1.29, 1.82) is 0 Å². The number of ketones is 1. The van der Waals surface area contributed by atoms with Crippen molar-refractivity contribution in [2.45, 2.75) is 20.3 Å². The first-order chi connectivity index (χ1) is 6.24. The van der Waals surface area contributed by atoms with Gasteiger partial charge in [-0.2, -0.15) is 0 Å². The first-order valence-electron chi connectivity index (χ1n) is 4.50. The maximum atomic E-state index is 10.9. The van der Waals surface area contributed by atoms with Crippen LogP contribution in [0.15, 0.2) is 36.4 Å². The van der Waals surface area contributed by atoms with Crippen molar-refractivity contribution >= 4 is 11.4 Å². The molecule has 0 unspecified atom stereocenters. The highest BCUT2D eigenvalue weighted by Crippen LogP contribution is 2.16. The van der Waals surface area contributed by atoms with Crippen LogP contribution >= 0.6 is 0 Å². The highest BCUT2D eigenvalue weighted by molar-refractivity contribution is 5.95. The molecule has 0 aliphatic carbocycles. The van der Waals surface area contributed by atoms with Crippen molar-refractivity contribution < 1.29 is 4.79 Å². The standard InChI is InChI=1S/C12H14O/c1-3-11(9-10(2)13)12-7-5-4-6-8-12/h4-9H,3H2,1-2H3/b11-9-. The summed E-state index contributed by atoms with van der Waals surface area (Å²) in [6.45, 7) is 3.64. The SMILES string of the molecule is CC/C(=C/C(C)=O)c1ccccc1. The second kappa shape index (κ2) is 4.61. The average molecular weight is 174 g/mol. The smallest absolute Gasteiger partial charge is 0.152 e. The molecule has 1 heteroatoms. The van der Waals surface area contributed by atoms with E-state index in [9.17, 15) is 4.79 Å². The van der Waals surface area contributed by atoms with E-state index in [0.29, 0.717) is 0 Å². The predicted octanol–water partition coefficient (Wildman–Crippen LogP) is 3.07. The number of benzene rings is 1.